The molecule has 0 saturated heterocycles. The number of aromatic amines is 1. The van der Waals surface area contributed by atoms with Crippen LogP contribution in [0, 0.1) is 18.8 Å². The van der Waals surface area contributed by atoms with Crippen LogP contribution in [0.5, 0.6) is 0 Å². The molecule has 0 spiro atoms. The highest BCUT2D eigenvalue weighted by Gasteiger charge is 2.41. The number of aromatic nitrogens is 2. The molecule has 2 aliphatic rings. The van der Waals surface area contributed by atoms with Crippen LogP contribution in [-0.4, -0.2) is 30.6 Å². The lowest BCUT2D eigenvalue weighted by atomic mass is 9.95. The van der Waals surface area contributed by atoms with Crippen molar-refractivity contribution in [1.29, 1.82) is 0 Å². The van der Waals surface area contributed by atoms with Gasteiger partial charge in [-0.25, -0.2) is 8.42 Å². The maximum Gasteiger partial charge on any atom is 0.273 e. The van der Waals surface area contributed by atoms with Crippen LogP contribution in [0.25, 0.3) is 0 Å². The minimum atomic E-state index is -3.99. The van der Waals surface area contributed by atoms with E-state index >= 15 is 0 Å². The Morgan fingerprint density at radius 1 is 1.40 bits per heavy atom. The van der Waals surface area contributed by atoms with Crippen molar-refractivity contribution < 1.29 is 13.2 Å². The van der Waals surface area contributed by atoms with E-state index in [-0.39, 0.29) is 22.3 Å². The fourth-order valence-electron chi connectivity index (χ4n) is 3.53. The van der Waals surface area contributed by atoms with Gasteiger partial charge in [0.1, 0.15) is 4.90 Å². The Bertz CT molecular complexity index is 655. The number of hydrogen-bond donors (Lipinski definition) is 2. The standard InChI is InChI=1S/C12H16ClN3O3S/c1-6-11(20(13,18)19)10(16-15-6)12(17)14-9-5-7-2-3-8(9)4-7/h7-9H,2-5H2,1H3,(H,14,17)(H,15,16). The summed E-state index contributed by atoms with van der Waals surface area (Å²) in [5.41, 5.74) is 0.137. The number of aryl methyl sites for hydroxylation is 1. The van der Waals surface area contributed by atoms with Gasteiger partial charge < -0.3 is 5.32 Å². The van der Waals surface area contributed by atoms with E-state index in [2.05, 4.69) is 15.5 Å². The van der Waals surface area contributed by atoms with Crippen molar-refractivity contribution in [2.75, 3.05) is 0 Å². The molecule has 2 N–H and O–H groups in total. The summed E-state index contributed by atoms with van der Waals surface area (Å²) < 4.78 is 23.1. The summed E-state index contributed by atoms with van der Waals surface area (Å²) in [6, 6.07) is 0.129. The van der Waals surface area contributed by atoms with Gasteiger partial charge >= 0.3 is 0 Å². The second-order valence-corrected chi connectivity index (χ2v) is 8.22. The van der Waals surface area contributed by atoms with Crippen LogP contribution in [0.15, 0.2) is 4.90 Å². The van der Waals surface area contributed by atoms with E-state index in [4.69, 9.17) is 10.7 Å². The third-order valence-electron chi connectivity index (χ3n) is 4.40. The molecular formula is C12H16ClN3O3S. The Hall–Kier alpha value is -1.08. The Kier molecular flexibility index (Phi) is 3.29. The number of fused-ring (bicyclic) bond motifs is 2. The molecule has 2 bridgehead atoms. The smallest absolute Gasteiger partial charge is 0.273 e. The van der Waals surface area contributed by atoms with Gasteiger partial charge in [-0.1, -0.05) is 6.42 Å². The number of halogens is 1. The van der Waals surface area contributed by atoms with Gasteiger partial charge in [-0.3, -0.25) is 9.89 Å². The number of H-pyrrole nitrogens is 1. The van der Waals surface area contributed by atoms with Crippen LogP contribution in [0.4, 0.5) is 0 Å². The topological polar surface area (TPSA) is 91.9 Å². The van der Waals surface area contributed by atoms with Crippen molar-refractivity contribution in [3.05, 3.63) is 11.4 Å². The van der Waals surface area contributed by atoms with Gasteiger partial charge in [0.2, 0.25) is 0 Å². The molecular weight excluding hydrogens is 302 g/mol. The van der Waals surface area contributed by atoms with E-state index in [0.717, 1.165) is 19.3 Å². The molecule has 1 heterocycles. The van der Waals surface area contributed by atoms with Crippen molar-refractivity contribution in [1.82, 2.24) is 15.5 Å². The van der Waals surface area contributed by atoms with Crippen molar-refractivity contribution in [3.63, 3.8) is 0 Å². The third-order valence-corrected chi connectivity index (χ3v) is 5.85. The molecule has 6 nitrogen and oxygen atoms in total. The maximum absolute atomic E-state index is 12.2. The minimum absolute atomic E-state index is 0.129. The van der Waals surface area contributed by atoms with Crippen LogP contribution in [0.2, 0.25) is 0 Å². The number of amides is 1. The summed E-state index contributed by atoms with van der Waals surface area (Å²) in [7, 11) is 1.37. The molecule has 2 fully saturated rings. The second-order valence-electron chi connectivity index (χ2n) is 5.72. The first-order valence-corrected chi connectivity index (χ1v) is 8.97. The first-order chi connectivity index (χ1) is 9.36. The van der Waals surface area contributed by atoms with Gasteiger partial charge in [-0.05, 0) is 38.0 Å². The fourth-order valence-corrected chi connectivity index (χ4v) is 4.88. The molecule has 0 aromatic carbocycles. The summed E-state index contributed by atoms with van der Waals surface area (Å²) in [5, 5.41) is 9.20. The van der Waals surface area contributed by atoms with Gasteiger partial charge in [0.25, 0.3) is 15.0 Å². The lowest BCUT2D eigenvalue weighted by molar-refractivity contribution is 0.0914. The zero-order valence-electron chi connectivity index (χ0n) is 11.0. The number of carbonyl (C=O) groups is 1. The number of carbonyl (C=O) groups excluding carboxylic acids is 1. The van der Waals surface area contributed by atoms with Crippen LogP contribution >= 0.6 is 10.7 Å². The molecule has 2 saturated carbocycles. The highest BCUT2D eigenvalue weighted by Crippen LogP contribution is 2.44. The lowest BCUT2D eigenvalue weighted by Gasteiger charge is -2.22. The monoisotopic (exact) mass is 317 g/mol. The van der Waals surface area contributed by atoms with E-state index in [9.17, 15) is 13.2 Å². The summed E-state index contributed by atoms with van der Waals surface area (Å²) >= 11 is 0. The normalized spacial score (nSPS) is 28.8. The first-order valence-electron chi connectivity index (χ1n) is 6.66. The Labute approximate surface area is 121 Å². The molecule has 3 rings (SSSR count). The predicted molar refractivity (Wildman–Crippen MR) is 73.1 cm³/mol. The van der Waals surface area contributed by atoms with E-state index in [1.165, 1.54) is 13.3 Å². The second kappa shape index (κ2) is 4.73. The van der Waals surface area contributed by atoms with Gasteiger partial charge in [-0.15, -0.1) is 0 Å². The number of nitrogens with one attached hydrogen (secondary N) is 2. The first kappa shape index (κ1) is 13.9. The van der Waals surface area contributed by atoms with E-state index in [0.29, 0.717) is 11.8 Å². The lowest BCUT2D eigenvalue weighted by Crippen LogP contribution is -2.39. The van der Waals surface area contributed by atoms with Gasteiger partial charge in [0, 0.05) is 16.7 Å². The fraction of sp³-hybridized carbons (Fsp3) is 0.667. The van der Waals surface area contributed by atoms with Gasteiger partial charge in [0.05, 0.1) is 5.69 Å². The SMILES string of the molecule is Cc1[nH]nc(C(=O)NC2CC3CCC2C3)c1S(=O)(=O)Cl. The molecule has 8 heteroatoms. The average molecular weight is 318 g/mol. The van der Waals surface area contributed by atoms with Crippen molar-refractivity contribution in [2.45, 2.75) is 43.5 Å². The summed E-state index contributed by atoms with van der Waals surface area (Å²) in [5.74, 6) is 0.744. The molecule has 3 unspecified atom stereocenters. The summed E-state index contributed by atoms with van der Waals surface area (Å²) in [4.78, 5) is 12.0. The molecule has 20 heavy (non-hydrogen) atoms. The van der Waals surface area contributed by atoms with Gasteiger partial charge in [-0.2, -0.15) is 5.10 Å². The van der Waals surface area contributed by atoms with Crippen molar-refractivity contribution >= 4 is 25.6 Å². The molecule has 0 aliphatic heterocycles. The van der Waals surface area contributed by atoms with Crippen LogP contribution in [-0.2, 0) is 9.05 Å². The van der Waals surface area contributed by atoms with E-state index in [1.807, 2.05) is 0 Å². The quantitative estimate of drug-likeness (QED) is 0.828. The van der Waals surface area contributed by atoms with Crippen molar-refractivity contribution in [3.8, 4) is 0 Å². The zero-order valence-corrected chi connectivity index (χ0v) is 12.6. The average Bonchev–Trinajstić information content (AvgIpc) is 3.01. The van der Waals surface area contributed by atoms with E-state index in [1.54, 1.807) is 0 Å². The largest absolute Gasteiger partial charge is 0.348 e. The Morgan fingerprint density at radius 2 is 2.15 bits per heavy atom. The number of rotatable bonds is 3. The van der Waals surface area contributed by atoms with Crippen molar-refractivity contribution in [2.24, 2.45) is 11.8 Å². The number of nitrogens with zero attached hydrogens (tertiary/aromatic N) is 1. The predicted octanol–water partition coefficient (Wildman–Crippen LogP) is 1.56. The van der Waals surface area contributed by atoms with E-state index < -0.39 is 15.0 Å². The highest BCUT2D eigenvalue weighted by molar-refractivity contribution is 8.13. The third kappa shape index (κ3) is 2.33. The molecule has 1 amide bonds. The Morgan fingerprint density at radius 3 is 2.70 bits per heavy atom. The van der Waals surface area contributed by atoms with Gasteiger partial charge in [0.15, 0.2) is 5.69 Å². The highest BCUT2D eigenvalue weighted by atomic mass is 35.7. The Balaban J connectivity index is 1.82. The maximum atomic E-state index is 12.2. The zero-order chi connectivity index (χ0) is 14.5. The molecule has 110 valence electrons. The molecule has 3 atom stereocenters. The van der Waals surface area contributed by atoms with Crippen LogP contribution in [0.3, 0.4) is 0 Å². The summed E-state index contributed by atoms with van der Waals surface area (Å²) in [6.07, 6.45) is 4.50. The summed E-state index contributed by atoms with van der Waals surface area (Å²) in [6.45, 7) is 1.52. The van der Waals surface area contributed by atoms with Crippen LogP contribution in [0.1, 0.15) is 41.9 Å². The number of hydrogen-bond acceptors (Lipinski definition) is 4. The molecule has 1 aromatic rings. The van der Waals surface area contributed by atoms with Crippen LogP contribution < -0.4 is 5.32 Å². The molecule has 1 aromatic heterocycles. The minimum Gasteiger partial charge on any atom is -0.348 e. The molecule has 0 radical (unpaired) electrons. The molecule has 2 aliphatic carbocycles.